The lowest BCUT2D eigenvalue weighted by molar-refractivity contribution is 0.0641. The molecule has 0 aromatic heterocycles. The Bertz CT molecular complexity index is 1160. The van der Waals surface area contributed by atoms with Gasteiger partial charge in [-0.25, -0.2) is 0 Å². The molecule has 1 aliphatic rings. The molecule has 0 radical (unpaired) electrons. The number of benzene rings is 3. The Kier molecular flexibility index (Phi) is 12.9. The summed E-state index contributed by atoms with van der Waals surface area (Å²) in [6, 6.07) is 20.5. The summed E-state index contributed by atoms with van der Waals surface area (Å²) in [5.41, 5.74) is 2.61. The zero-order valence-corrected chi connectivity index (χ0v) is 23.4. The van der Waals surface area contributed by atoms with Gasteiger partial charge in [-0.2, -0.15) is 0 Å². The maximum atomic E-state index is 13.1. The summed E-state index contributed by atoms with van der Waals surface area (Å²) < 4.78 is 16.5. The van der Waals surface area contributed by atoms with Crippen LogP contribution in [0.2, 0.25) is 0 Å². The van der Waals surface area contributed by atoms with Crippen LogP contribution >= 0.6 is 0 Å². The van der Waals surface area contributed by atoms with Crippen molar-refractivity contribution in [3.63, 3.8) is 0 Å². The summed E-state index contributed by atoms with van der Waals surface area (Å²) in [4.78, 5) is 27.3. The zero-order chi connectivity index (χ0) is 27.9. The first kappa shape index (κ1) is 30.4. The number of nitrogens with zero attached hydrogens (tertiary/aromatic N) is 1. The van der Waals surface area contributed by atoms with E-state index in [2.05, 4.69) is 31.3 Å². The molecule has 2 amide bonds. The number of hydrogen-bond acceptors (Lipinski definition) is 6. The van der Waals surface area contributed by atoms with Gasteiger partial charge in [0.25, 0.3) is 11.8 Å². The number of ether oxygens (including phenoxy) is 3. The number of rotatable bonds is 10. The van der Waals surface area contributed by atoms with E-state index in [0.717, 1.165) is 12.1 Å². The SMILES string of the molecule is CC.CCC.COc1ccc(CN2C(=O)c3cccc(OCCNCc4ccccc4)c3C2=O)cc1OC. The number of carbonyl (C=O) groups is 2. The van der Waals surface area contributed by atoms with Crippen LogP contribution in [0.4, 0.5) is 0 Å². The molecule has 204 valence electrons. The highest BCUT2D eigenvalue weighted by atomic mass is 16.5. The van der Waals surface area contributed by atoms with Crippen LogP contribution in [0.25, 0.3) is 0 Å². The van der Waals surface area contributed by atoms with E-state index in [0.29, 0.717) is 41.5 Å². The fourth-order valence-corrected chi connectivity index (χ4v) is 3.79. The third-order valence-electron chi connectivity index (χ3n) is 5.46. The van der Waals surface area contributed by atoms with Crippen molar-refractivity contribution >= 4 is 11.8 Å². The topological polar surface area (TPSA) is 77.1 Å². The van der Waals surface area contributed by atoms with Gasteiger partial charge >= 0.3 is 0 Å². The van der Waals surface area contributed by atoms with E-state index in [1.165, 1.54) is 16.9 Å². The van der Waals surface area contributed by atoms with E-state index in [1.54, 1.807) is 50.6 Å². The summed E-state index contributed by atoms with van der Waals surface area (Å²) in [5.74, 6) is 0.844. The normalized spacial score (nSPS) is 11.6. The van der Waals surface area contributed by atoms with E-state index in [4.69, 9.17) is 14.2 Å². The maximum absolute atomic E-state index is 13.1. The van der Waals surface area contributed by atoms with Gasteiger partial charge in [0.05, 0.1) is 31.9 Å². The molecule has 3 aromatic rings. The van der Waals surface area contributed by atoms with Gasteiger partial charge in [0.15, 0.2) is 11.5 Å². The predicted molar refractivity (Wildman–Crippen MR) is 151 cm³/mol. The van der Waals surface area contributed by atoms with E-state index >= 15 is 0 Å². The van der Waals surface area contributed by atoms with Gasteiger partial charge in [0.2, 0.25) is 0 Å². The Labute approximate surface area is 226 Å². The van der Waals surface area contributed by atoms with E-state index < -0.39 is 0 Å². The Morgan fingerprint density at radius 2 is 1.45 bits per heavy atom. The average molecular weight is 521 g/mol. The van der Waals surface area contributed by atoms with Crippen molar-refractivity contribution < 1.29 is 23.8 Å². The number of amides is 2. The molecular formula is C31H40N2O5. The van der Waals surface area contributed by atoms with Gasteiger partial charge in [-0.05, 0) is 35.4 Å². The minimum absolute atomic E-state index is 0.130. The third kappa shape index (κ3) is 7.83. The molecule has 0 spiro atoms. The largest absolute Gasteiger partial charge is 0.493 e. The molecule has 1 aliphatic heterocycles. The van der Waals surface area contributed by atoms with Crippen molar-refractivity contribution in [3.05, 3.63) is 89.0 Å². The predicted octanol–water partition coefficient (Wildman–Crippen LogP) is 6.11. The zero-order valence-electron chi connectivity index (χ0n) is 23.4. The summed E-state index contributed by atoms with van der Waals surface area (Å²) in [7, 11) is 3.10. The second kappa shape index (κ2) is 16.1. The number of fused-ring (bicyclic) bond motifs is 1. The lowest BCUT2D eigenvalue weighted by atomic mass is 10.1. The second-order valence-corrected chi connectivity index (χ2v) is 8.28. The van der Waals surface area contributed by atoms with Crippen LogP contribution in [0, 0.1) is 0 Å². The van der Waals surface area contributed by atoms with Gasteiger partial charge in [-0.3, -0.25) is 14.5 Å². The summed E-state index contributed by atoms with van der Waals surface area (Å²) in [6.45, 7) is 10.1. The van der Waals surface area contributed by atoms with Crippen LogP contribution in [-0.2, 0) is 13.1 Å². The Morgan fingerprint density at radius 3 is 2.11 bits per heavy atom. The molecule has 4 rings (SSSR count). The molecule has 0 saturated heterocycles. The van der Waals surface area contributed by atoms with Gasteiger partial charge in [-0.1, -0.05) is 76.6 Å². The van der Waals surface area contributed by atoms with Crippen LogP contribution in [0.1, 0.15) is 66.0 Å². The van der Waals surface area contributed by atoms with Crippen LogP contribution in [0.15, 0.2) is 66.7 Å². The fourth-order valence-electron chi connectivity index (χ4n) is 3.79. The quantitative estimate of drug-likeness (QED) is 0.257. The van der Waals surface area contributed by atoms with Crippen molar-refractivity contribution in [1.29, 1.82) is 0 Å². The van der Waals surface area contributed by atoms with Gasteiger partial charge in [0.1, 0.15) is 12.4 Å². The van der Waals surface area contributed by atoms with E-state index in [9.17, 15) is 9.59 Å². The molecule has 0 bridgehead atoms. The smallest absolute Gasteiger partial charge is 0.265 e. The molecular weight excluding hydrogens is 480 g/mol. The number of carbonyl (C=O) groups excluding carboxylic acids is 2. The first-order chi connectivity index (χ1) is 18.5. The number of methoxy groups -OCH3 is 2. The minimum Gasteiger partial charge on any atom is -0.493 e. The first-order valence-electron chi connectivity index (χ1n) is 13.1. The molecule has 7 heteroatoms. The van der Waals surface area contributed by atoms with Crippen molar-refractivity contribution in [2.75, 3.05) is 27.4 Å². The second-order valence-electron chi connectivity index (χ2n) is 8.28. The highest BCUT2D eigenvalue weighted by Crippen LogP contribution is 2.33. The van der Waals surface area contributed by atoms with Gasteiger partial charge in [-0.15, -0.1) is 0 Å². The highest BCUT2D eigenvalue weighted by molar-refractivity contribution is 6.22. The lowest BCUT2D eigenvalue weighted by Gasteiger charge is -2.16. The maximum Gasteiger partial charge on any atom is 0.265 e. The monoisotopic (exact) mass is 520 g/mol. The van der Waals surface area contributed by atoms with Gasteiger partial charge in [0, 0.05) is 13.1 Å². The molecule has 0 unspecified atom stereocenters. The van der Waals surface area contributed by atoms with Gasteiger partial charge < -0.3 is 19.5 Å². The molecule has 38 heavy (non-hydrogen) atoms. The molecule has 3 aromatic carbocycles. The number of nitrogens with one attached hydrogen (secondary N) is 1. The standard InChI is InChI=1S/C26H26N2O5.C3H8.C2H6/c1-31-21-12-11-19(15-23(21)32-2)17-28-25(29)20-9-6-10-22(24(20)26(28)30)33-14-13-27-16-18-7-4-3-5-8-18;1-3-2;1-2/h3-12,15,27H,13-14,16-17H2,1-2H3;3H2,1-2H3;1-2H3. The highest BCUT2D eigenvalue weighted by Gasteiger charge is 2.38. The Balaban J connectivity index is 0.000000947. The van der Waals surface area contributed by atoms with Crippen LogP contribution in [0.5, 0.6) is 17.2 Å². The summed E-state index contributed by atoms with van der Waals surface area (Å²) >= 11 is 0. The average Bonchev–Trinajstić information content (AvgIpc) is 3.20. The molecule has 1 N–H and O–H groups in total. The molecule has 0 atom stereocenters. The van der Waals surface area contributed by atoms with Crippen LogP contribution in [0.3, 0.4) is 0 Å². The summed E-state index contributed by atoms with van der Waals surface area (Å²) in [6.07, 6.45) is 1.25. The molecule has 7 nitrogen and oxygen atoms in total. The van der Waals surface area contributed by atoms with Crippen LogP contribution in [-0.4, -0.2) is 44.1 Å². The minimum atomic E-state index is -0.363. The Morgan fingerprint density at radius 1 is 0.763 bits per heavy atom. The van der Waals surface area contributed by atoms with Crippen molar-refractivity contribution in [2.24, 2.45) is 0 Å². The fraction of sp³-hybridized carbons (Fsp3) is 0.355. The van der Waals surface area contributed by atoms with E-state index in [-0.39, 0.29) is 18.4 Å². The van der Waals surface area contributed by atoms with Crippen LogP contribution < -0.4 is 19.5 Å². The number of hydrogen-bond donors (Lipinski definition) is 1. The number of imide groups is 1. The van der Waals surface area contributed by atoms with Crippen molar-refractivity contribution in [2.45, 2.75) is 47.2 Å². The molecule has 1 heterocycles. The summed E-state index contributed by atoms with van der Waals surface area (Å²) in [5, 5.41) is 3.31. The molecule has 0 saturated carbocycles. The molecule has 0 aliphatic carbocycles. The lowest BCUT2D eigenvalue weighted by Crippen LogP contribution is -2.29. The van der Waals surface area contributed by atoms with Crippen molar-refractivity contribution in [1.82, 2.24) is 10.2 Å². The first-order valence-corrected chi connectivity index (χ1v) is 13.1. The Hall–Kier alpha value is -3.84. The van der Waals surface area contributed by atoms with Crippen molar-refractivity contribution in [3.8, 4) is 17.2 Å². The third-order valence-corrected chi connectivity index (χ3v) is 5.46. The van der Waals surface area contributed by atoms with E-state index in [1.807, 2.05) is 32.0 Å². The molecule has 0 fully saturated rings.